The summed E-state index contributed by atoms with van der Waals surface area (Å²) < 4.78 is 9.49. The average Bonchev–Trinajstić information content (AvgIpc) is 2.48. The van der Waals surface area contributed by atoms with E-state index in [1.54, 1.807) is 19.1 Å². The van der Waals surface area contributed by atoms with Crippen molar-refractivity contribution in [3.63, 3.8) is 0 Å². The van der Waals surface area contributed by atoms with Gasteiger partial charge in [0, 0.05) is 7.11 Å². The Labute approximate surface area is 128 Å². The lowest BCUT2D eigenvalue weighted by Gasteiger charge is -2.10. The minimum absolute atomic E-state index is 0.207. The molecule has 0 aromatic heterocycles. The van der Waals surface area contributed by atoms with Crippen LogP contribution in [0.5, 0.6) is 0 Å². The predicted molar refractivity (Wildman–Crippen MR) is 75.8 cm³/mol. The second kappa shape index (κ2) is 9.75. The molecule has 7 nitrogen and oxygen atoms in total. The summed E-state index contributed by atoms with van der Waals surface area (Å²) in [5.74, 6) is -0.777. The highest BCUT2D eigenvalue weighted by molar-refractivity contribution is 5.88. The molecule has 1 unspecified atom stereocenters. The third-order valence-corrected chi connectivity index (χ3v) is 2.64. The van der Waals surface area contributed by atoms with Crippen LogP contribution in [0.15, 0.2) is 24.3 Å². The Morgan fingerprint density at radius 3 is 2.41 bits per heavy atom. The number of hydrogen-bond acceptors (Lipinski definition) is 7. The Morgan fingerprint density at radius 1 is 1.14 bits per heavy atom. The zero-order chi connectivity index (χ0) is 16.4. The molecule has 1 rings (SSSR count). The number of hydrogen-bond donors (Lipinski definition) is 0. The first-order valence-electron chi connectivity index (χ1n) is 6.90. The average molecular weight is 312 g/mol. The first-order valence-corrected chi connectivity index (χ1v) is 6.90. The fourth-order valence-electron chi connectivity index (χ4n) is 1.67. The first-order chi connectivity index (χ1) is 10.6. The van der Waals surface area contributed by atoms with Crippen molar-refractivity contribution in [1.82, 2.24) is 0 Å². The van der Waals surface area contributed by atoms with Crippen molar-refractivity contribution in [2.24, 2.45) is 0 Å². The molecule has 0 fully saturated rings. The maximum atomic E-state index is 11.6. The standard InChI is InChI=1S/C15H20O7/c1-4-5-12-6-8-13(9-7-12)14(16)20-22-21-15(17)19-11(2)10-18-3/h6-9,11H,4-5,10H2,1-3H3. The van der Waals surface area contributed by atoms with Gasteiger partial charge >= 0.3 is 12.1 Å². The number of benzene rings is 1. The Bertz CT molecular complexity index is 469. The van der Waals surface area contributed by atoms with E-state index in [1.807, 2.05) is 12.1 Å². The molecule has 0 N–H and O–H groups in total. The maximum Gasteiger partial charge on any atom is 0.543 e. The van der Waals surface area contributed by atoms with Crippen molar-refractivity contribution in [1.29, 1.82) is 0 Å². The zero-order valence-electron chi connectivity index (χ0n) is 12.9. The molecular weight excluding hydrogens is 292 g/mol. The molecule has 0 aliphatic heterocycles. The molecule has 1 atom stereocenters. The van der Waals surface area contributed by atoms with E-state index >= 15 is 0 Å². The molecule has 0 aliphatic rings. The molecule has 7 heteroatoms. The maximum absolute atomic E-state index is 11.6. The number of rotatable bonds is 8. The lowest BCUT2D eigenvalue weighted by Crippen LogP contribution is -2.21. The number of carbonyl (C=O) groups is 2. The number of carbonyl (C=O) groups excluding carboxylic acids is 2. The summed E-state index contributed by atoms with van der Waals surface area (Å²) in [4.78, 5) is 31.3. The Kier molecular flexibility index (Phi) is 7.95. The summed E-state index contributed by atoms with van der Waals surface area (Å²) in [6, 6.07) is 6.86. The van der Waals surface area contributed by atoms with E-state index in [2.05, 4.69) is 21.7 Å². The van der Waals surface area contributed by atoms with Crippen LogP contribution in [-0.2, 0) is 30.7 Å². The van der Waals surface area contributed by atoms with Crippen molar-refractivity contribution in [2.75, 3.05) is 13.7 Å². The summed E-state index contributed by atoms with van der Waals surface area (Å²) in [7, 11) is 1.47. The van der Waals surface area contributed by atoms with E-state index in [4.69, 9.17) is 9.47 Å². The third kappa shape index (κ3) is 6.55. The van der Waals surface area contributed by atoms with Crippen LogP contribution in [0.4, 0.5) is 4.79 Å². The molecule has 1 aromatic rings. The lowest BCUT2D eigenvalue weighted by atomic mass is 10.1. The van der Waals surface area contributed by atoms with Gasteiger partial charge in [-0.1, -0.05) is 25.5 Å². The van der Waals surface area contributed by atoms with Crippen LogP contribution < -0.4 is 0 Å². The van der Waals surface area contributed by atoms with Crippen LogP contribution in [-0.4, -0.2) is 31.9 Å². The molecule has 0 saturated carbocycles. The van der Waals surface area contributed by atoms with Gasteiger partial charge in [0.1, 0.15) is 6.10 Å². The normalized spacial score (nSPS) is 11.6. The molecule has 0 saturated heterocycles. The summed E-state index contributed by atoms with van der Waals surface area (Å²) in [5, 5.41) is 4.10. The molecule has 0 bridgehead atoms. The van der Waals surface area contributed by atoms with Crippen molar-refractivity contribution in [2.45, 2.75) is 32.8 Å². The van der Waals surface area contributed by atoms with Gasteiger partial charge in [0.05, 0.1) is 17.2 Å². The number of methoxy groups -OCH3 is 1. The largest absolute Gasteiger partial charge is 0.543 e. The van der Waals surface area contributed by atoms with Crippen LogP contribution in [0.25, 0.3) is 0 Å². The molecule has 0 heterocycles. The predicted octanol–water partition coefficient (Wildman–Crippen LogP) is 2.83. The fraction of sp³-hybridized carbons (Fsp3) is 0.467. The number of aryl methyl sites for hydroxylation is 1. The van der Waals surface area contributed by atoms with Crippen molar-refractivity contribution in [3.05, 3.63) is 35.4 Å². The van der Waals surface area contributed by atoms with Crippen LogP contribution in [0.2, 0.25) is 0 Å². The molecule has 0 amide bonds. The fourth-order valence-corrected chi connectivity index (χ4v) is 1.67. The minimum Gasteiger partial charge on any atom is -0.427 e. The lowest BCUT2D eigenvalue weighted by molar-refractivity contribution is -0.453. The van der Waals surface area contributed by atoms with E-state index in [1.165, 1.54) is 7.11 Å². The third-order valence-electron chi connectivity index (χ3n) is 2.64. The molecule has 0 spiro atoms. The molecule has 0 aliphatic carbocycles. The van der Waals surface area contributed by atoms with Crippen LogP contribution >= 0.6 is 0 Å². The highest BCUT2D eigenvalue weighted by atomic mass is 17.5. The van der Waals surface area contributed by atoms with Gasteiger partial charge in [-0.3, -0.25) is 4.89 Å². The van der Waals surface area contributed by atoms with E-state index < -0.39 is 18.2 Å². The summed E-state index contributed by atoms with van der Waals surface area (Å²) >= 11 is 0. The van der Waals surface area contributed by atoms with E-state index in [-0.39, 0.29) is 12.2 Å². The van der Waals surface area contributed by atoms with Crippen LogP contribution in [0.3, 0.4) is 0 Å². The molecule has 122 valence electrons. The van der Waals surface area contributed by atoms with Gasteiger partial charge in [0.15, 0.2) is 0 Å². The van der Waals surface area contributed by atoms with Gasteiger partial charge in [-0.15, -0.1) is 0 Å². The van der Waals surface area contributed by atoms with Gasteiger partial charge in [0.2, 0.25) is 0 Å². The van der Waals surface area contributed by atoms with Gasteiger partial charge in [-0.05, 0) is 31.0 Å². The monoisotopic (exact) mass is 312 g/mol. The van der Waals surface area contributed by atoms with E-state index in [0.717, 1.165) is 18.4 Å². The smallest absolute Gasteiger partial charge is 0.427 e. The highest BCUT2D eigenvalue weighted by Crippen LogP contribution is 2.08. The van der Waals surface area contributed by atoms with Gasteiger partial charge in [0.25, 0.3) is 0 Å². The van der Waals surface area contributed by atoms with Crippen molar-refractivity contribution in [3.8, 4) is 0 Å². The minimum atomic E-state index is -1.13. The van der Waals surface area contributed by atoms with Crippen molar-refractivity contribution >= 4 is 12.1 Å². The Hall–Kier alpha value is -2.12. The summed E-state index contributed by atoms with van der Waals surface area (Å²) in [6.07, 6.45) is 0.309. The number of ether oxygens (including phenoxy) is 2. The second-order valence-corrected chi connectivity index (χ2v) is 4.60. The van der Waals surface area contributed by atoms with Gasteiger partial charge in [-0.25, -0.2) is 14.5 Å². The first kappa shape index (κ1) is 17.9. The topological polar surface area (TPSA) is 80.3 Å². The van der Waals surface area contributed by atoms with E-state index in [0.29, 0.717) is 0 Å². The van der Waals surface area contributed by atoms with Crippen LogP contribution in [0.1, 0.15) is 36.2 Å². The zero-order valence-corrected chi connectivity index (χ0v) is 12.9. The summed E-state index contributed by atoms with van der Waals surface area (Å²) in [6.45, 7) is 3.88. The Balaban J connectivity index is 2.32. The second-order valence-electron chi connectivity index (χ2n) is 4.60. The van der Waals surface area contributed by atoms with Gasteiger partial charge in [-0.2, -0.15) is 0 Å². The van der Waals surface area contributed by atoms with Crippen LogP contribution in [0, 0.1) is 0 Å². The Morgan fingerprint density at radius 2 is 1.82 bits per heavy atom. The van der Waals surface area contributed by atoms with Gasteiger partial charge < -0.3 is 9.47 Å². The SMILES string of the molecule is CCCc1ccc(C(=O)OOOC(=O)OC(C)COC)cc1. The molecule has 22 heavy (non-hydrogen) atoms. The van der Waals surface area contributed by atoms with Crippen molar-refractivity contribution < 1.29 is 33.9 Å². The molecular formula is C15H20O7. The molecule has 1 aromatic carbocycles. The summed E-state index contributed by atoms with van der Waals surface area (Å²) in [5.41, 5.74) is 1.40. The van der Waals surface area contributed by atoms with E-state index in [9.17, 15) is 9.59 Å². The quantitative estimate of drug-likeness (QED) is 0.415. The molecule has 0 radical (unpaired) electrons. The highest BCUT2D eigenvalue weighted by Gasteiger charge is 2.14.